The van der Waals surface area contributed by atoms with Crippen LogP contribution in [0.4, 0.5) is 0 Å². The van der Waals surface area contributed by atoms with Crippen molar-refractivity contribution in [2.45, 2.75) is 0 Å². The SMILES string of the molecule is [C-](=Cc1cccc(-c2[c-]ccc3ccccc23)n1)c1ccccc1-c1ccccn1.[Pt+2]. The van der Waals surface area contributed by atoms with Crippen molar-refractivity contribution in [3.8, 4) is 22.5 Å². The molecule has 31 heavy (non-hydrogen) atoms. The number of aromatic nitrogens is 2. The van der Waals surface area contributed by atoms with E-state index >= 15 is 0 Å². The van der Waals surface area contributed by atoms with Gasteiger partial charge in [-0.2, -0.15) is 0 Å². The third kappa shape index (κ3) is 4.55. The Bertz CT molecular complexity index is 1340. The molecule has 0 bridgehead atoms. The van der Waals surface area contributed by atoms with Gasteiger partial charge < -0.3 is 4.98 Å². The molecular formula is C28H18N2Pt. The predicted molar refractivity (Wildman–Crippen MR) is 122 cm³/mol. The van der Waals surface area contributed by atoms with Crippen molar-refractivity contribution in [2.75, 3.05) is 0 Å². The molecule has 3 aromatic carbocycles. The second kappa shape index (κ2) is 9.64. The van der Waals surface area contributed by atoms with Crippen LogP contribution in [0.2, 0.25) is 0 Å². The second-order valence-electron chi connectivity index (χ2n) is 6.94. The van der Waals surface area contributed by atoms with E-state index in [0.29, 0.717) is 0 Å². The van der Waals surface area contributed by atoms with Gasteiger partial charge in [-0.3, -0.25) is 4.98 Å². The van der Waals surface area contributed by atoms with E-state index in [1.165, 1.54) is 5.39 Å². The van der Waals surface area contributed by atoms with Gasteiger partial charge in [0.2, 0.25) is 0 Å². The normalized spacial score (nSPS) is 10.8. The first-order valence-corrected chi connectivity index (χ1v) is 9.85. The van der Waals surface area contributed by atoms with Gasteiger partial charge in [-0.15, -0.1) is 59.0 Å². The van der Waals surface area contributed by atoms with E-state index in [2.05, 4.69) is 41.4 Å². The number of fused-ring (bicyclic) bond motifs is 1. The molecule has 0 saturated heterocycles. The summed E-state index contributed by atoms with van der Waals surface area (Å²) in [5, 5.41) is 2.34. The van der Waals surface area contributed by atoms with E-state index in [0.717, 1.165) is 39.2 Å². The molecule has 0 fully saturated rings. The molecule has 0 N–H and O–H groups in total. The number of nitrogens with zero attached hydrogens (tertiary/aromatic N) is 2. The van der Waals surface area contributed by atoms with Crippen LogP contribution in [0.25, 0.3) is 39.4 Å². The third-order valence-electron chi connectivity index (χ3n) is 4.99. The molecule has 0 atom stereocenters. The van der Waals surface area contributed by atoms with Crippen LogP contribution in [-0.2, 0) is 21.1 Å². The zero-order chi connectivity index (χ0) is 20.2. The van der Waals surface area contributed by atoms with Gasteiger partial charge >= 0.3 is 21.1 Å². The molecule has 5 aromatic rings. The Balaban J connectivity index is 0.00000231. The molecule has 0 radical (unpaired) electrons. The van der Waals surface area contributed by atoms with E-state index in [1.54, 1.807) is 0 Å². The van der Waals surface area contributed by atoms with Crippen molar-refractivity contribution in [3.05, 3.63) is 127 Å². The number of benzene rings is 3. The molecule has 0 saturated carbocycles. The molecule has 2 nitrogen and oxygen atoms in total. The van der Waals surface area contributed by atoms with Crippen molar-refractivity contribution in [1.82, 2.24) is 9.97 Å². The molecule has 150 valence electrons. The molecule has 3 heteroatoms. The fraction of sp³-hybridized carbons (Fsp3) is 0. The summed E-state index contributed by atoms with van der Waals surface area (Å²) in [6, 6.07) is 35.8. The van der Waals surface area contributed by atoms with E-state index in [4.69, 9.17) is 4.98 Å². The van der Waals surface area contributed by atoms with E-state index in [1.807, 2.05) is 85.1 Å². The van der Waals surface area contributed by atoms with Gasteiger partial charge in [0.05, 0.1) is 0 Å². The minimum atomic E-state index is 0. The van der Waals surface area contributed by atoms with Crippen molar-refractivity contribution in [2.24, 2.45) is 0 Å². The summed E-state index contributed by atoms with van der Waals surface area (Å²) < 4.78 is 0. The Hall–Kier alpha value is -3.35. The summed E-state index contributed by atoms with van der Waals surface area (Å²) in [5.74, 6) is 0. The first-order chi connectivity index (χ1) is 14.9. The summed E-state index contributed by atoms with van der Waals surface area (Å²) in [5.41, 5.74) is 5.73. The number of rotatable bonds is 4. The topological polar surface area (TPSA) is 25.8 Å². The van der Waals surface area contributed by atoms with Gasteiger partial charge in [0.15, 0.2) is 0 Å². The number of pyridine rings is 2. The van der Waals surface area contributed by atoms with Crippen molar-refractivity contribution >= 4 is 16.8 Å². The van der Waals surface area contributed by atoms with E-state index in [9.17, 15) is 0 Å². The van der Waals surface area contributed by atoms with Crippen LogP contribution in [0.5, 0.6) is 0 Å². The summed E-state index contributed by atoms with van der Waals surface area (Å²) >= 11 is 0. The second-order valence-corrected chi connectivity index (χ2v) is 6.94. The van der Waals surface area contributed by atoms with Crippen LogP contribution in [0, 0.1) is 12.1 Å². The summed E-state index contributed by atoms with van der Waals surface area (Å²) in [4.78, 5) is 9.32. The van der Waals surface area contributed by atoms with Crippen LogP contribution in [0.1, 0.15) is 11.3 Å². The van der Waals surface area contributed by atoms with Gasteiger partial charge in [0.1, 0.15) is 0 Å². The van der Waals surface area contributed by atoms with Gasteiger partial charge in [-0.1, -0.05) is 71.6 Å². The smallest absolute Gasteiger partial charge is 0.345 e. The third-order valence-corrected chi connectivity index (χ3v) is 4.99. The molecule has 2 aromatic heterocycles. The molecule has 0 aliphatic carbocycles. The summed E-state index contributed by atoms with van der Waals surface area (Å²) in [6.45, 7) is 0. The molecule has 0 spiro atoms. The largest absolute Gasteiger partial charge is 2.00 e. The van der Waals surface area contributed by atoms with Crippen LogP contribution < -0.4 is 0 Å². The minimum absolute atomic E-state index is 0. The standard InChI is InChI=1S/C28H18N2.Pt/c1-3-13-24-21(9-1)11-7-15-26(24)28-17-8-12-23(30-28)19-18-22-10-2-4-14-25(22)27-16-5-6-20-29-27;/h1-14,16-17,19-20H;/q-2;+2. The maximum Gasteiger partial charge on any atom is 2.00 e. The monoisotopic (exact) mass is 577 g/mol. The zero-order valence-electron chi connectivity index (χ0n) is 16.6. The first-order valence-electron chi connectivity index (χ1n) is 9.85. The van der Waals surface area contributed by atoms with Crippen LogP contribution >= 0.6 is 0 Å². The maximum absolute atomic E-state index is 4.85. The van der Waals surface area contributed by atoms with Crippen molar-refractivity contribution in [3.63, 3.8) is 0 Å². The fourth-order valence-electron chi connectivity index (χ4n) is 3.55. The van der Waals surface area contributed by atoms with Crippen molar-refractivity contribution < 1.29 is 21.1 Å². The van der Waals surface area contributed by atoms with Gasteiger partial charge in [0, 0.05) is 11.9 Å². The number of hydrogen-bond acceptors (Lipinski definition) is 2. The quantitative estimate of drug-likeness (QED) is 0.224. The maximum atomic E-state index is 4.85. The Kier molecular flexibility index (Phi) is 6.50. The molecule has 5 rings (SSSR count). The average molecular weight is 578 g/mol. The van der Waals surface area contributed by atoms with Crippen LogP contribution in [0.15, 0.2) is 103 Å². The molecule has 0 amide bonds. The fourth-order valence-corrected chi connectivity index (χ4v) is 3.55. The molecule has 0 aliphatic rings. The van der Waals surface area contributed by atoms with Gasteiger partial charge in [-0.25, -0.2) is 0 Å². The summed E-state index contributed by atoms with van der Waals surface area (Å²) in [7, 11) is 0. The molecular weight excluding hydrogens is 559 g/mol. The average Bonchev–Trinajstić information content (AvgIpc) is 2.83. The Morgan fingerprint density at radius 2 is 1.55 bits per heavy atom. The Labute approximate surface area is 196 Å². The van der Waals surface area contributed by atoms with Crippen molar-refractivity contribution in [1.29, 1.82) is 0 Å². The minimum Gasteiger partial charge on any atom is -0.345 e. The van der Waals surface area contributed by atoms with Gasteiger partial charge in [0.25, 0.3) is 0 Å². The van der Waals surface area contributed by atoms with E-state index < -0.39 is 0 Å². The number of hydrogen-bond donors (Lipinski definition) is 0. The first kappa shape index (κ1) is 20.9. The zero-order valence-corrected chi connectivity index (χ0v) is 18.9. The van der Waals surface area contributed by atoms with Gasteiger partial charge in [-0.05, 0) is 23.5 Å². The molecule has 0 unspecified atom stereocenters. The van der Waals surface area contributed by atoms with Crippen LogP contribution in [-0.4, -0.2) is 9.97 Å². The molecule has 2 heterocycles. The predicted octanol–water partition coefficient (Wildman–Crippen LogP) is 6.63. The van der Waals surface area contributed by atoms with E-state index in [-0.39, 0.29) is 21.1 Å². The summed E-state index contributed by atoms with van der Waals surface area (Å²) in [6.07, 6.45) is 7.14. The van der Waals surface area contributed by atoms with Crippen LogP contribution in [0.3, 0.4) is 0 Å². The molecule has 0 aliphatic heterocycles. The Morgan fingerprint density at radius 3 is 2.45 bits per heavy atom. The Morgan fingerprint density at radius 1 is 0.742 bits per heavy atom.